The molecule has 1 aliphatic heterocycles. The Morgan fingerprint density at radius 3 is 2.72 bits per heavy atom. The number of nitrogens with one attached hydrogen (secondary N) is 1. The zero-order chi connectivity index (χ0) is 12.8. The van der Waals surface area contributed by atoms with Gasteiger partial charge in [-0.05, 0) is 43.9 Å². The van der Waals surface area contributed by atoms with Crippen molar-refractivity contribution in [2.45, 2.75) is 45.6 Å². The topological polar surface area (TPSA) is 21.3 Å². The zero-order valence-corrected chi connectivity index (χ0v) is 11.6. The molecule has 2 nitrogen and oxygen atoms in total. The molecule has 2 atom stereocenters. The third-order valence-electron chi connectivity index (χ3n) is 3.84. The number of benzene rings is 1. The van der Waals surface area contributed by atoms with Crippen molar-refractivity contribution in [3.8, 4) is 0 Å². The van der Waals surface area contributed by atoms with Gasteiger partial charge in [0.05, 0.1) is 6.61 Å². The minimum absolute atomic E-state index is 0.494. The molecule has 1 aliphatic rings. The lowest BCUT2D eigenvalue weighted by atomic mass is 10.0. The maximum absolute atomic E-state index is 5.44. The number of aryl methyl sites for hydroxylation is 1. The molecular weight excluding hydrogens is 222 g/mol. The van der Waals surface area contributed by atoms with Gasteiger partial charge in [-0.1, -0.05) is 25.5 Å². The summed E-state index contributed by atoms with van der Waals surface area (Å²) < 4.78 is 5.44. The average Bonchev–Trinajstić information content (AvgIpc) is 2.92. The van der Waals surface area contributed by atoms with E-state index in [0.29, 0.717) is 12.0 Å². The predicted octanol–water partition coefficient (Wildman–Crippen LogP) is 3.87. The van der Waals surface area contributed by atoms with Gasteiger partial charge in [0.25, 0.3) is 0 Å². The van der Waals surface area contributed by atoms with Crippen molar-refractivity contribution in [2.24, 2.45) is 5.92 Å². The van der Waals surface area contributed by atoms with Crippen molar-refractivity contribution in [2.75, 3.05) is 18.5 Å². The second kappa shape index (κ2) is 6.79. The normalized spacial score (nSPS) is 20.9. The van der Waals surface area contributed by atoms with Gasteiger partial charge in [0, 0.05) is 24.3 Å². The molecule has 0 amide bonds. The van der Waals surface area contributed by atoms with Gasteiger partial charge >= 0.3 is 0 Å². The second-order valence-electron chi connectivity index (χ2n) is 5.36. The van der Waals surface area contributed by atoms with Crippen LogP contribution in [0.4, 0.5) is 5.69 Å². The van der Waals surface area contributed by atoms with Crippen molar-refractivity contribution in [3.63, 3.8) is 0 Å². The van der Waals surface area contributed by atoms with Crippen LogP contribution >= 0.6 is 0 Å². The Labute approximate surface area is 111 Å². The Morgan fingerprint density at radius 2 is 2.11 bits per heavy atom. The Morgan fingerprint density at radius 1 is 1.33 bits per heavy atom. The molecule has 0 radical (unpaired) electrons. The lowest BCUT2D eigenvalue weighted by molar-refractivity contribution is 0.183. The lowest BCUT2D eigenvalue weighted by Crippen LogP contribution is -2.26. The lowest BCUT2D eigenvalue weighted by Gasteiger charge is -2.20. The number of hydrogen-bond donors (Lipinski definition) is 1. The summed E-state index contributed by atoms with van der Waals surface area (Å²) in [6.45, 7) is 6.32. The van der Waals surface area contributed by atoms with Crippen molar-refractivity contribution < 1.29 is 4.74 Å². The van der Waals surface area contributed by atoms with Gasteiger partial charge in [-0.25, -0.2) is 0 Å². The Balaban J connectivity index is 1.85. The number of hydrogen-bond acceptors (Lipinski definition) is 2. The van der Waals surface area contributed by atoms with Gasteiger partial charge in [-0.3, -0.25) is 0 Å². The van der Waals surface area contributed by atoms with E-state index in [9.17, 15) is 0 Å². The van der Waals surface area contributed by atoms with Gasteiger partial charge in [-0.2, -0.15) is 0 Å². The van der Waals surface area contributed by atoms with Crippen LogP contribution in [0.25, 0.3) is 0 Å². The van der Waals surface area contributed by atoms with Crippen LogP contribution in [0.15, 0.2) is 24.3 Å². The molecule has 1 fully saturated rings. The van der Waals surface area contributed by atoms with Crippen LogP contribution in [0.2, 0.25) is 0 Å². The SMILES string of the molecule is CCCCc1ccc(NC(C)C2CCOC2)cc1. The molecule has 2 rings (SSSR count). The van der Waals surface area contributed by atoms with E-state index in [1.165, 1.54) is 36.9 Å². The van der Waals surface area contributed by atoms with Crippen molar-refractivity contribution in [3.05, 3.63) is 29.8 Å². The molecule has 0 bridgehead atoms. The van der Waals surface area contributed by atoms with Gasteiger partial charge in [0.1, 0.15) is 0 Å². The minimum atomic E-state index is 0.494. The van der Waals surface area contributed by atoms with Gasteiger partial charge in [0.15, 0.2) is 0 Å². The molecule has 2 unspecified atom stereocenters. The summed E-state index contributed by atoms with van der Waals surface area (Å²) in [7, 11) is 0. The van der Waals surface area contributed by atoms with Gasteiger partial charge in [0.2, 0.25) is 0 Å². The number of anilines is 1. The molecule has 1 heterocycles. The maximum Gasteiger partial charge on any atom is 0.0514 e. The molecule has 1 aromatic carbocycles. The van der Waals surface area contributed by atoms with E-state index < -0.39 is 0 Å². The first kappa shape index (κ1) is 13.4. The summed E-state index contributed by atoms with van der Waals surface area (Å²) in [4.78, 5) is 0. The van der Waals surface area contributed by atoms with E-state index in [4.69, 9.17) is 4.74 Å². The molecule has 0 aliphatic carbocycles. The molecule has 1 N–H and O–H groups in total. The van der Waals surface area contributed by atoms with Crippen LogP contribution in [0.1, 0.15) is 38.7 Å². The predicted molar refractivity (Wildman–Crippen MR) is 77.1 cm³/mol. The molecule has 18 heavy (non-hydrogen) atoms. The van der Waals surface area contributed by atoms with Gasteiger partial charge < -0.3 is 10.1 Å². The maximum atomic E-state index is 5.44. The Hall–Kier alpha value is -1.02. The summed E-state index contributed by atoms with van der Waals surface area (Å²) in [6.07, 6.45) is 4.92. The first-order valence-electron chi connectivity index (χ1n) is 7.23. The highest BCUT2D eigenvalue weighted by Crippen LogP contribution is 2.20. The Kier molecular flexibility index (Phi) is 5.06. The van der Waals surface area contributed by atoms with Crippen LogP contribution in [0.3, 0.4) is 0 Å². The third kappa shape index (κ3) is 3.74. The highest BCUT2D eigenvalue weighted by atomic mass is 16.5. The van der Waals surface area contributed by atoms with Crippen molar-refractivity contribution in [1.82, 2.24) is 0 Å². The first-order chi connectivity index (χ1) is 8.79. The quantitative estimate of drug-likeness (QED) is 0.824. The smallest absolute Gasteiger partial charge is 0.0514 e. The van der Waals surface area contributed by atoms with E-state index in [2.05, 4.69) is 43.4 Å². The largest absolute Gasteiger partial charge is 0.382 e. The highest BCUT2D eigenvalue weighted by molar-refractivity contribution is 5.45. The monoisotopic (exact) mass is 247 g/mol. The molecule has 0 saturated carbocycles. The standard InChI is InChI=1S/C16H25NO/c1-3-4-5-14-6-8-16(9-7-14)17-13(2)15-10-11-18-12-15/h6-9,13,15,17H,3-5,10-12H2,1-2H3. The van der Waals surface area contributed by atoms with E-state index in [-0.39, 0.29) is 0 Å². The number of ether oxygens (including phenoxy) is 1. The molecule has 1 saturated heterocycles. The molecule has 100 valence electrons. The van der Waals surface area contributed by atoms with Crippen LogP contribution in [-0.2, 0) is 11.2 Å². The summed E-state index contributed by atoms with van der Waals surface area (Å²) in [5.74, 6) is 0.657. The van der Waals surface area contributed by atoms with E-state index >= 15 is 0 Å². The average molecular weight is 247 g/mol. The molecule has 1 aromatic rings. The second-order valence-corrected chi connectivity index (χ2v) is 5.36. The third-order valence-corrected chi connectivity index (χ3v) is 3.84. The van der Waals surface area contributed by atoms with Crippen LogP contribution in [-0.4, -0.2) is 19.3 Å². The number of unbranched alkanes of at least 4 members (excludes halogenated alkanes) is 1. The fourth-order valence-corrected chi connectivity index (χ4v) is 2.48. The zero-order valence-electron chi connectivity index (χ0n) is 11.6. The van der Waals surface area contributed by atoms with Crippen LogP contribution < -0.4 is 5.32 Å². The highest BCUT2D eigenvalue weighted by Gasteiger charge is 2.21. The van der Waals surface area contributed by atoms with Crippen molar-refractivity contribution >= 4 is 5.69 Å². The molecule has 0 spiro atoms. The fraction of sp³-hybridized carbons (Fsp3) is 0.625. The van der Waals surface area contributed by atoms with Crippen molar-refractivity contribution in [1.29, 1.82) is 0 Å². The molecule has 2 heteroatoms. The molecular formula is C16H25NO. The molecule has 0 aromatic heterocycles. The summed E-state index contributed by atoms with van der Waals surface area (Å²) in [6, 6.07) is 9.40. The summed E-state index contributed by atoms with van der Waals surface area (Å²) in [5.41, 5.74) is 2.67. The Bertz CT molecular complexity index is 341. The van der Waals surface area contributed by atoms with E-state index in [1.54, 1.807) is 0 Å². The summed E-state index contributed by atoms with van der Waals surface area (Å²) in [5, 5.41) is 3.59. The first-order valence-corrected chi connectivity index (χ1v) is 7.23. The van der Waals surface area contributed by atoms with Crippen LogP contribution in [0.5, 0.6) is 0 Å². The van der Waals surface area contributed by atoms with Gasteiger partial charge in [-0.15, -0.1) is 0 Å². The van der Waals surface area contributed by atoms with Crippen LogP contribution in [0, 0.1) is 5.92 Å². The number of rotatable bonds is 6. The fourth-order valence-electron chi connectivity index (χ4n) is 2.48. The summed E-state index contributed by atoms with van der Waals surface area (Å²) >= 11 is 0. The minimum Gasteiger partial charge on any atom is -0.382 e. The van der Waals surface area contributed by atoms with E-state index in [0.717, 1.165) is 13.2 Å². The van der Waals surface area contributed by atoms with E-state index in [1.807, 2.05) is 0 Å².